The highest BCUT2D eigenvalue weighted by molar-refractivity contribution is 4.69. The van der Waals surface area contributed by atoms with E-state index in [1.807, 2.05) is 0 Å². The van der Waals surface area contributed by atoms with Gasteiger partial charge >= 0.3 is 0 Å². The number of aromatic nitrogens is 2. The first-order valence-electron chi connectivity index (χ1n) is 3.80. The van der Waals surface area contributed by atoms with Crippen LogP contribution in [0.1, 0.15) is 26.8 Å². The number of hydrogen-bond acceptors (Lipinski definition) is 0. The van der Waals surface area contributed by atoms with Crippen LogP contribution in [-0.4, -0.2) is 4.57 Å². The smallest absolute Gasteiger partial charge is 0.237 e. The number of rotatable bonds is 2. The normalized spacial score (nSPS) is 9.82. The third kappa shape index (κ3) is 2.81. The van der Waals surface area contributed by atoms with E-state index in [2.05, 4.69) is 48.6 Å². The minimum atomic E-state index is 0. The van der Waals surface area contributed by atoms with Gasteiger partial charge in [0, 0.05) is 0 Å². The Kier molecular flexibility index (Phi) is 4.72. The molecule has 1 rings (SSSR count). The number of aryl methyl sites for hydroxylation is 1. The molecule has 0 aliphatic carbocycles. The van der Waals surface area contributed by atoms with Crippen molar-refractivity contribution in [1.29, 1.82) is 0 Å². The predicted molar refractivity (Wildman–Crippen MR) is 43.5 cm³/mol. The minimum absolute atomic E-state index is 0. The van der Waals surface area contributed by atoms with Crippen molar-refractivity contribution >= 4 is 0 Å². The third-order valence-corrected chi connectivity index (χ3v) is 1.67. The molecule has 1 heterocycles. The molecule has 0 saturated heterocycles. The van der Waals surface area contributed by atoms with E-state index in [4.69, 9.17) is 0 Å². The SMILES string of the molecule is CC[n+]1ccn(C(C)C)c1.[IH2+]. The molecule has 1 aromatic rings. The predicted octanol–water partition coefficient (Wildman–Crippen LogP) is -2.15. The molecule has 0 aliphatic rings. The van der Waals surface area contributed by atoms with E-state index in [0.29, 0.717) is 6.04 Å². The van der Waals surface area contributed by atoms with Crippen molar-refractivity contribution in [3.8, 4) is 0 Å². The molecule has 1 aromatic heterocycles. The largest absolute Gasteiger partial charge is 0.243 e. The van der Waals surface area contributed by atoms with Gasteiger partial charge in [-0.2, -0.15) is 0 Å². The van der Waals surface area contributed by atoms with Crippen LogP contribution >= 0.6 is 0 Å². The maximum atomic E-state index is 2.20. The molecule has 0 amide bonds. The number of imidazole rings is 1. The lowest BCUT2D eigenvalue weighted by Crippen LogP contribution is -3.00. The van der Waals surface area contributed by atoms with E-state index in [0.717, 1.165) is 6.54 Å². The monoisotopic (exact) mass is 268 g/mol. The van der Waals surface area contributed by atoms with E-state index in [9.17, 15) is 0 Å². The van der Waals surface area contributed by atoms with E-state index >= 15 is 0 Å². The highest BCUT2D eigenvalue weighted by Crippen LogP contribution is 1.99. The first-order valence-corrected chi connectivity index (χ1v) is 3.80. The minimum Gasteiger partial charge on any atom is -0.237 e. The summed E-state index contributed by atoms with van der Waals surface area (Å²) in [6.45, 7) is 7.56. The fourth-order valence-corrected chi connectivity index (χ4v) is 0.903. The van der Waals surface area contributed by atoms with Gasteiger partial charge in [0.25, 0.3) is 0 Å². The van der Waals surface area contributed by atoms with Crippen LogP contribution in [0.5, 0.6) is 0 Å². The first kappa shape index (κ1) is 10.9. The Morgan fingerprint density at radius 2 is 2.09 bits per heavy atom. The molecule has 3 heteroatoms. The van der Waals surface area contributed by atoms with Crippen LogP contribution in [0.3, 0.4) is 0 Å². The molecule has 0 radical (unpaired) electrons. The number of hydrogen-bond donors (Lipinski definition) is 0. The Morgan fingerprint density at radius 1 is 1.45 bits per heavy atom. The van der Waals surface area contributed by atoms with Crippen molar-refractivity contribution in [2.75, 3.05) is 0 Å². The molecule has 0 bridgehead atoms. The van der Waals surface area contributed by atoms with Gasteiger partial charge in [0.2, 0.25) is 30.3 Å². The van der Waals surface area contributed by atoms with Crippen LogP contribution in [0.15, 0.2) is 18.7 Å². The summed E-state index contributed by atoms with van der Waals surface area (Å²) >= 11 is 0. The fraction of sp³-hybridized carbons (Fsp3) is 0.625. The van der Waals surface area contributed by atoms with E-state index in [1.54, 1.807) is 0 Å². The van der Waals surface area contributed by atoms with Crippen molar-refractivity contribution in [2.24, 2.45) is 0 Å². The quantitative estimate of drug-likeness (QED) is 0.427. The van der Waals surface area contributed by atoms with Crippen LogP contribution < -0.4 is 28.5 Å². The van der Waals surface area contributed by atoms with Crippen LogP contribution in [0.2, 0.25) is 0 Å². The summed E-state index contributed by atoms with van der Waals surface area (Å²) < 4.78 is 4.36. The fourth-order valence-electron chi connectivity index (χ4n) is 0.903. The summed E-state index contributed by atoms with van der Waals surface area (Å²) in [6, 6.07) is 0.577. The molecule has 2 nitrogen and oxygen atoms in total. The zero-order valence-corrected chi connectivity index (χ0v) is 9.91. The van der Waals surface area contributed by atoms with Crippen molar-refractivity contribution < 1.29 is 28.5 Å². The molecule has 0 aliphatic heterocycles. The molecule has 0 fully saturated rings. The van der Waals surface area contributed by atoms with Gasteiger partial charge in [-0.25, -0.2) is 9.13 Å². The van der Waals surface area contributed by atoms with E-state index in [-0.39, 0.29) is 24.0 Å². The molecule has 0 spiro atoms. The Hall–Kier alpha value is -0.0600. The van der Waals surface area contributed by atoms with E-state index in [1.165, 1.54) is 0 Å². The number of halogens is 1. The zero-order valence-electron chi connectivity index (χ0n) is 7.36. The topological polar surface area (TPSA) is 8.81 Å². The highest BCUT2D eigenvalue weighted by atomic mass is 127. The van der Waals surface area contributed by atoms with Gasteiger partial charge in [0.05, 0.1) is 12.6 Å². The molecular weight excluding hydrogens is 251 g/mol. The molecule has 64 valence electrons. The van der Waals surface area contributed by atoms with Crippen molar-refractivity contribution in [3.05, 3.63) is 18.7 Å². The highest BCUT2D eigenvalue weighted by Gasteiger charge is 2.03. The standard InChI is InChI=1S/C8H15N2.H2I/c1-4-9-5-6-10(7-9)8(2)3;/h5-8H,4H2,1-3H3;1H2/q2*+1. The number of nitrogens with zero attached hydrogens (tertiary/aromatic N) is 2. The maximum Gasteiger partial charge on any atom is 0.243 e. The van der Waals surface area contributed by atoms with Crippen LogP contribution in [0.4, 0.5) is 0 Å². The lowest BCUT2D eigenvalue weighted by Gasteiger charge is -1.96. The zero-order chi connectivity index (χ0) is 7.56. The average molecular weight is 268 g/mol. The third-order valence-electron chi connectivity index (χ3n) is 1.67. The van der Waals surface area contributed by atoms with Gasteiger partial charge in [-0.3, -0.25) is 0 Å². The van der Waals surface area contributed by atoms with Gasteiger partial charge in [-0.1, -0.05) is 0 Å². The molecule has 0 saturated carbocycles. The van der Waals surface area contributed by atoms with Gasteiger partial charge in [-0.15, -0.1) is 0 Å². The van der Waals surface area contributed by atoms with Crippen LogP contribution in [-0.2, 0) is 6.54 Å². The molecular formula is C8H17IN2+2. The van der Waals surface area contributed by atoms with Crippen molar-refractivity contribution in [3.63, 3.8) is 0 Å². The van der Waals surface area contributed by atoms with Gasteiger partial charge in [-0.05, 0) is 20.8 Å². The lowest BCUT2D eigenvalue weighted by molar-refractivity contribution is -0.693. The summed E-state index contributed by atoms with van der Waals surface area (Å²) in [4.78, 5) is 0. The lowest BCUT2D eigenvalue weighted by atomic mass is 10.4. The average Bonchev–Trinajstić information content (AvgIpc) is 2.34. The molecule has 0 unspecified atom stereocenters. The van der Waals surface area contributed by atoms with Gasteiger partial charge < -0.3 is 0 Å². The summed E-state index contributed by atoms with van der Waals surface area (Å²) in [6.07, 6.45) is 6.33. The van der Waals surface area contributed by atoms with Gasteiger partial charge in [0.15, 0.2) is 0 Å². The Bertz CT molecular complexity index is 206. The second kappa shape index (κ2) is 4.74. The Labute approximate surface area is 85.2 Å². The van der Waals surface area contributed by atoms with E-state index < -0.39 is 0 Å². The summed E-state index contributed by atoms with van der Waals surface area (Å²) in [7, 11) is 0. The van der Waals surface area contributed by atoms with Gasteiger partial charge in [0.1, 0.15) is 12.4 Å². The van der Waals surface area contributed by atoms with Crippen molar-refractivity contribution in [2.45, 2.75) is 33.4 Å². The summed E-state index contributed by atoms with van der Waals surface area (Å²) in [5, 5.41) is 0. The molecule has 11 heavy (non-hydrogen) atoms. The van der Waals surface area contributed by atoms with Crippen LogP contribution in [0, 0.1) is 0 Å². The molecule has 0 atom stereocenters. The molecule has 0 N–H and O–H groups in total. The Balaban J connectivity index is 0.000001000. The molecule has 0 aromatic carbocycles. The maximum absolute atomic E-state index is 2.20. The summed E-state index contributed by atoms with van der Waals surface area (Å²) in [5.41, 5.74) is 0. The second-order valence-corrected chi connectivity index (χ2v) is 2.79. The summed E-state index contributed by atoms with van der Waals surface area (Å²) in [5.74, 6) is 0. The second-order valence-electron chi connectivity index (χ2n) is 2.79. The van der Waals surface area contributed by atoms with Crippen LogP contribution in [0.25, 0.3) is 0 Å². The Morgan fingerprint density at radius 3 is 2.36 bits per heavy atom. The first-order chi connectivity index (χ1) is 4.74. The van der Waals surface area contributed by atoms with Crippen molar-refractivity contribution in [1.82, 2.24) is 4.57 Å².